The quantitative estimate of drug-likeness (QED) is 0.775. The molecule has 1 aromatic rings. The summed E-state index contributed by atoms with van der Waals surface area (Å²) in [6, 6.07) is 7.47. The maximum atomic E-state index is 12.9. The summed E-state index contributed by atoms with van der Waals surface area (Å²) in [6.45, 7) is 0.178. The summed E-state index contributed by atoms with van der Waals surface area (Å²) in [5.74, 6) is -0.656. The maximum absolute atomic E-state index is 12.9. The minimum Gasteiger partial charge on any atom is -0.482 e. The molecule has 0 heterocycles. The number of hydrogen-bond acceptors (Lipinski definition) is 4. The summed E-state index contributed by atoms with van der Waals surface area (Å²) >= 11 is 5.78. The number of nitriles is 2. The molecule has 1 aromatic carbocycles. The summed E-state index contributed by atoms with van der Waals surface area (Å²) < 4.78 is 18.1. The lowest BCUT2D eigenvalue weighted by Crippen LogP contribution is -2.36. The van der Waals surface area contributed by atoms with Crippen LogP contribution in [0.4, 0.5) is 4.39 Å². The molecular weight excluding hydrogens is 297 g/mol. The monoisotopic (exact) mass is 309 g/mol. The van der Waals surface area contributed by atoms with E-state index < -0.39 is 5.82 Å². The standard InChI is InChI=1S/C14H13ClFN3O2/c15-12-9-11(16)3-4-13(12)21-10-14(20)19(7-1-5-17)8-2-6-18/h3-4,9H,1-2,7-8,10H2. The van der Waals surface area contributed by atoms with Crippen LogP contribution < -0.4 is 4.74 Å². The van der Waals surface area contributed by atoms with Gasteiger partial charge in [-0.3, -0.25) is 4.79 Å². The van der Waals surface area contributed by atoms with E-state index in [1.54, 1.807) is 0 Å². The molecule has 7 heteroatoms. The Labute approximate surface area is 127 Å². The Bertz CT molecular complexity index is 563. The second kappa shape index (κ2) is 8.78. The van der Waals surface area contributed by atoms with E-state index in [1.807, 2.05) is 12.1 Å². The van der Waals surface area contributed by atoms with E-state index in [1.165, 1.54) is 17.0 Å². The summed E-state index contributed by atoms with van der Waals surface area (Å²) in [7, 11) is 0. The lowest BCUT2D eigenvalue weighted by molar-refractivity contribution is -0.133. The molecule has 1 amide bonds. The van der Waals surface area contributed by atoms with Gasteiger partial charge in [-0.15, -0.1) is 0 Å². The maximum Gasteiger partial charge on any atom is 0.260 e. The number of amides is 1. The highest BCUT2D eigenvalue weighted by molar-refractivity contribution is 6.32. The number of ether oxygens (including phenoxy) is 1. The van der Waals surface area contributed by atoms with Crippen molar-refractivity contribution < 1.29 is 13.9 Å². The van der Waals surface area contributed by atoms with Gasteiger partial charge in [-0.1, -0.05) is 11.6 Å². The highest BCUT2D eigenvalue weighted by Gasteiger charge is 2.14. The molecule has 0 aliphatic heterocycles. The fourth-order valence-corrected chi connectivity index (χ4v) is 1.78. The Kier molecular flexibility index (Phi) is 7.00. The first-order chi connectivity index (χ1) is 10.1. The van der Waals surface area contributed by atoms with Crippen LogP contribution in [-0.4, -0.2) is 30.5 Å². The molecule has 110 valence electrons. The summed E-state index contributed by atoms with van der Waals surface area (Å²) in [5.41, 5.74) is 0. The van der Waals surface area contributed by atoms with Gasteiger partial charge in [-0.25, -0.2) is 4.39 Å². The molecule has 0 radical (unpaired) electrons. The van der Waals surface area contributed by atoms with Crippen molar-refractivity contribution >= 4 is 17.5 Å². The number of halogens is 2. The molecule has 0 unspecified atom stereocenters. The number of nitrogens with zero attached hydrogens (tertiary/aromatic N) is 3. The van der Waals surface area contributed by atoms with E-state index >= 15 is 0 Å². The Morgan fingerprint density at radius 3 is 2.43 bits per heavy atom. The molecule has 5 nitrogen and oxygen atoms in total. The molecule has 0 saturated heterocycles. The van der Waals surface area contributed by atoms with Gasteiger partial charge < -0.3 is 9.64 Å². The first-order valence-electron chi connectivity index (χ1n) is 6.18. The van der Waals surface area contributed by atoms with Crippen LogP contribution >= 0.6 is 11.6 Å². The van der Waals surface area contributed by atoms with Crippen molar-refractivity contribution in [2.24, 2.45) is 0 Å². The Morgan fingerprint density at radius 1 is 1.29 bits per heavy atom. The smallest absolute Gasteiger partial charge is 0.260 e. The third kappa shape index (κ3) is 5.68. The molecule has 0 aliphatic rings. The van der Waals surface area contributed by atoms with Crippen molar-refractivity contribution in [3.63, 3.8) is 0 Å². The van der Waals surface area contributed by atoms with E-state index in [-0.39, 0.29) is 49.2 Å². The third-order valence-corrected chi connectivity index (χ3v) is 2.88. The van der Waals surface area contributed by atoms with Crippen LogP contribution in [-0.2, 0) is 4.79 Å². The van der Waals surface area contributed by atoms with Crippen molar-refractivity contribution in [3.8, 4) is 17.9 Å². The van der Waals surface area contributed by atoms with Crippen LogP contribution in [0.3, 0.4) is 0 Å². The van der Waals surface area contributed by atoms with Gasteiger partial charge in [0.2, 0.25) is 0 Å². The van der Waals surface area contributed by atoms with Crippen LogP contribution in [0, 0.1) is 28.5 Å². The van der Waals surface area contributed by atoms with E-state index in [2.05, 4.69) is 0 Å². The second-order valence-corrected chi connectivity index (χ2v) is 4.47. The topological polar surface area (TPSA) is 77.1 Å². The van der Waals surface area contributed by atoms with Crippen molar-refractivity contribution in [2.45, 2.75) is 12.8 Å². The zero-order valence-electron chi connectivity index (χ0n) is 11.2. The minimum atomic E-state index is -0.497. The lowest BCUT2D eigenvalue weighted by Gasteiger charge is -2.20. The van der Waals surface area contributed by atoms with Crippen LogP contribution in [0.2, 0.25) is 5.02 Å². The van der Waals surface area contributed by atoms with E-state index in [0.29, 0.717) is 0 Å². The fourth-order valence-electron chi connectivity index (χ4n) is 1.55. The first kappa shape index (κ1) is 16.7. The van der Waals surface area contributed by atoms with Gasteiger partial charge in [0.15, 0.2) is 6.61 Å². The summed E-state index contributed by atoms with van der Waals surface area (Å²) in [6.07, 6.45) is 0.350. The Hall–Kier alpha value is -2.31. The zero-order valence-corrected chi connectivity index (χ0v) is 11.9. The SMILES string of the molecule is N#CCCN(CCC#N)C(=O)COc1ccc(F)cc1Cl. The van der Waals surface area contributed by atoms with Crippen molar-refractivity contribution in [1.29, 1.82) is 10.5 Å². The number of carbonyl (C=O) groups is 1. The molecule has 0 atom stereocenters. The fraction of sp³-hybridized carbons (Fsp3) is 0.357. The van der Waals surface area contributed by atoms with Crippen molar-refractivity contribution in [2.75, 3.05) is 19.7 Å². The Morgan fingerprint density at radius 2 is 1.90 bits per heavy atom. The molecule has 0 N–H and O–H groups in total. The number of carbonyl (C=O) groups excluding carboxylic acids is 1. The molecule has 0 aromatic heterocycles. The molecule has 0 aliphatic carbocycles. The minimum absolute atomic E-state index is 0.0726. The van der Waals surface area contributed by atoms with Crippen LogP contribution in [0.25, 0.3) is 0 Å². The van der Waals surface area contributed by atoms with Gasteiger partial charge in [0.25, 0.3) is 5.91 Å². The highest BCUT2D eigenvalue weighted by atomic mass is 35.5. The molecule has 0 bridgehead atoms. The van der Waals surface area contributed by atoms with Gasteiger partial charge in [0, 0.05) is 13.1 Å². The normalized spacial score (nSPS) is 9.52. The van der Waals surface area contributed by atoms with E-state index in [9.17, 15) is 9.18 Å². The largest absolute Gasteiger partial charge is 0.482 e. The number of hydrogen-bond donors (Lipinski definition) is 0. The molecule has 1 rings (SSSR count). The summed E-state index contributed by atoms with van der Waals surface area (Å²) in [4.78, 5) is 13.4. The molecular formula is C14H13ClFN3O2. The van der Waals surface area contributed by atoms with Crippen LogP contribution in [0.1, 0.15) is 12.8 Å². The van der Waals surface area contributed by atoms with Crippen LogP contribution in [0.15, 0.2) is 18.2 Å². The lowest BCUT2D eigenvalue weighted by atomic mass is 10.3. The van der Waals surface area contributed by atoms with Gasteiger partial charge in [-0.05, 0) is 18.2 Å². The highest BCUT2D eigenvalue weighted by Crippen LogP contribution is 2.24. The van der Waals surface area contributed by atoms with Crippen LogP contribution in [0.5, 0.6) is 5.75 Å². The van der Waals surface area contributed by atoms with E-state index in [4.69, 9.17) is 26.9 Å². The van der Waals surface area contributed by atoms with Gasteiger partial charge >= 0.3 is 0 Å². The molecule has 0 fully saturated rings. The third-order valence-electron chi connectivity index (χ3n) is 2.58. The average Bonchev–Trinajstić information content (AvgIpc) is 2.46. The van der Waals surface area contributed by atoms with Crippen molar-refractivity contribution in [1.82, 2.24) is 4.90 Å². The van der Waals surface area contributed by atoms with Crippen molar-refractivity contribution in [3.05, 3.63) is 29.0 Å². The first-order valence-corrected chi connectivity index (χ1v) is 6.55. The van der Waals surface area contributed by atoms with Gasteiger partial charge in [0.05, 0.1) is 30.0 Å². The van der Waals surface area contributed by atoms with E-state index in [0.717, 1.165) is 6.07 Å². The number of rotatable bonds is 7. The predicted octanol–water partition coefficient (Wildman–Crippen LogP) is 2.51. The van der Waals surface area contributed by atoms with Gasteiger partial charge in [-0.2, -0.15) is 10.5 Å². The van der Waals surface area contributed by atoms with Gasteiger partial charge in [0.1, 0.15) is 11.6 Å². The summed E-state index contributed by atoms with van der Waals surface area (Å²) in [5, 5.41) is 17.2. The predicted molar refractivity (Wildman–Crippen MR) is 73.9 cm³/mol. The number of benzene rings is 1. The molecule has 21 heavy (non-hydrogen) atoms. The average molecular weight is 310 g/mol. The molecule has 0 saturated carbocycles. The molecule has 0 spiro atoms. The zero-order chi connectivity index (χ0) is 15.7. The Balaban J connectivity index is 2.60. The second-order valence-electron chi connectivity index (χ2n) is 4.06.